The van der Waals surface area contributed by atoms with Gasteiger partial charge in [0.2, 0.25) is 11.8 Å². The van der Waals surface area contributed by atoms with Gasteiger partial charge < -0.3 is 10.6 Å². The van der Waals surface area contributed by atoms with E-state index >= 15 is 0 Å². The molecule has 2 unspecified atom stereocenters. The molecule has 0 aromatic carbocycles. The Balaban J connectivity index is 1.24. The second kappa shape index (κ2) is 6.80. The zero-order chi connectivity index (χ0) is 14.7. The summed E-state index contributed by atoms with van der Waals surface area (Å²) in [5.41, 5.74) is 0. The highest BCUT2D eigenvalue weighted by Gasteiger charge is 2.43. The molecule has 2 amide bonds. The summed E-state index contributed by atoms with van der Waals surface area (Å²) in [6, 6.07) is 0.446. The zero-order valence-electron chi connectivity index (χ0n) is 12.9. The SMILES string of the molecule is O=C(CCCNC(=O)C1CC1)NC1CC1C1CCCCC1. The van der Waals surface area contributed by atoms with Crippen LogP contribution in [-0.2, 0) is 9.59 Å². The van der Waals surface area contributed by atoms with Crippen molar-refractivity contribution in [1.29, 1.82) is 0 Å². The van der Waals surface area contributed by atoms with Crippen molar-refractivity contribution >= 4 is 11.8 Å². The second-order valence-corrected chi connectivity index (χ2v) is 7.14. The molecular formula is C17H28N2O2. The van der Waals surface area contributed by atoms with Gasteiger partial charge in [-0.2, -0.15) is 0 Å². The van der Waals surface area contributed by atoms with Crippen molar-refractivity contribution in [2.24, 2.45) is 17.8 Å². The number of carbonyl (C=O) groups excluding carboxylic acids is 2. The monoisotopic (exact) mass is 292 g/mol. The second-order valence-electron chi connectivity index (χ2n) is 7.14. The fourth-order valence-corrected chi connectivity index (χ4v) is 3.69. The van der Waals surface area contributed by atoms with Crippen LogP contribution in [0.4, 0.5) is 0 Å². The summed E-state index contributed by atoms with van der Waals surface area (Å²) < 4.78 is 0. The van der Waals surface area contributed by atoms with Crippen molar-refractivity contribution in [3.63, 3.8) is 0 Å². The number of hydrogen-bond acceptors (Lipinski definition) is 2. The zero-order valence-corrected chi connectivity index (χ0v) is 12.9. The minimum Gasteiger partial charge on any atom is -0.356 e. The lowest BCUT2D eigenvalue weighted by molar-refractivity contribution is -0.123. The largest absolute Gasteiger partial charge is 0.356 e. The molecule has 0 saturated heterocycles. The molecule has 2 atom stereocenters. The standard InChI is InChI=1S/C17H28N2O2/c20-16(7-4-10-18-17(21)13-8-9-13)19-15-11-14(15)12-5-2-1-3-6-12/h12-15H,1-11H2,(H,18,21)(H,19,20). The average molecular weight is 292 g/mol. The predicted octanol–water partition coefficient (Wildman–Crippen LogP) is 2.38. The van der Waals surface area contributed by atoms with Crippen molar-refractivity contribution < 1.29 is 9.59 Å². The minimum absolute atomic E-state index is 0.166. The highest BCUT2D eigenvalue weighted by molar-refractivity contribution is 5.81. The van der Waals surface area contributed by atoms with E-state index in [9.17, 15) is 9.59 Å². The van der Waals surface area contributed by atoms with Crippen LogP contribution < -0.4 is 10.6 Å². The Bertz CT molecular complexity index is 386. The van der Waals surface area contributed by atoms with Gasteiger partial charge in [0.25, 0.3) is 0 Å². The minimum atomic E-state index is 0.166. The van der Waals surface area contributed by atoms with Crippen molar-refractivity contribution in [2.45, 2.75) is 70.3 Å². The van der Waals surface area contributed by atoms with E-state index in [1.165, 1.54) is 38.5 Å². The third-order valence-corrected chi connectivity index (χ3v) is 5.27. The normalized spacial score (nSPS) is 29.0. The molecule has 2 N–H and O–H groups in total. The highest BCUT2D eigenvalue weighted by Crippen LogP contribution is 2.44. The topological polar surface area (TPSA) is 58.2 Å². The van der Waals surface area contributed by atoms with E-state index in [2.05, 4.69) is 10.6 Å². The summed E-state index contributed by atoms with van der Waals surface area (Å²) in [6.07, 6.45) is 11.4. The Labute approximate surface area is 127 Å². The first-order chi connectivity index (χ1) is 10.2. The van der Waals surface area contributed by atoms with Crippen molar-refractivity contribution in [2.75, 3.05) is 6.54 Å². The molecule has 0 aliphatic heterocycles. The van der Waals surface area contributed by atoms with E-state index in [-0.39, 0.29) is 17.7 Å². The first-order valence-corrected chi connectivity index (χ1v) is 8.81. The van der Waals surface area contributed by atoms with E-state index in [4.69, 9.17) is 0 Å². The Morgan fingerprint density at radius 3 is 2.48 bits per heavy atom. The smallest absolute Gasteiger partial charge is 0.223 e. The molecule has 21 heavy (non-hydrogen) atoms. The van der Waals surface area contributed by atoms with Crippen molar-refractivity contribution in [3.05, 3.63) is 0 Å². The lowest BCUT2D eigenvalue weighted by Crippen LogP contribution is -2.30. The summed E-state index contributed by atoms with van der Waals surface area (Å²) in [6.45, 7) is 0.638. The number of hydrogen-bond donors (Lipinski definition) is 2. The Kier molecular flexibility index (Phi) is 4.81. The average Bonchev–Trinajstić information content (AvgIpc) is 3.37. The van der Waals surface area contributed by atoms with Crippen LogP contribution in [0.25, 0.3) is 0 Å². The van der Waals surface area contributed by atoms with Crippen LogP contribution in [0, 0.1) is 17.8 Å². The number of rotatable bonds is 7. The quantitative estimate of drug-likeness (QED) is 0.708. The van der Waals surface area contributed by atoms with Gasteiger partial charge in [0.15, 0.2) is 0 Å². The summed E-state index contributed by atoms with van der Waals surface area (Å²) in [5, 5.41) is 6.08. The molecule has 3 aliphatic carbocycles. The molecule has 3 saturated carbocycles. The van der Waals surface area contributed by atoms with Gasteiger partial charge in [-0.15, -0.1) is 0 Å². The molecule has 4 heteroatoms. The molecule has 4 nitrogen and oxygen atoms in total. The van der Waals surface area contributed by atoms with Gasteiger partial charge in [-0.3, -0.25) is 9.59 Å². The molecule has 3 aliphatic rings. The Morgan fingerprint density at radius 2 is 1.76 bits per heavy atom. The lowest BCUT2D eigenvalue weighted by Gasteiger charge is -2.21. The molecule has 0 radical (unpaired) electrons. The molecule has 0 aromatic rings. The van der Waals surface area contributed by atoms with Gasteiger partial charge in [-0.1, -0.05) is 32.1 Å². The fraction of sp³-hybridized carbons (Fsp3) is 0.882. The van der Waals surface area contributed by atoms with Gasteiger partial charge in [0.05, 0.1) is 0 Å². The Morgan fingerprint density at radius 1 is 1.00 bits per heavy atom. The van der Waals surface area contributed by atoms with Crippen molar-refractivity contribution in [1.82, 2.24) is 10.6 Å². The van der Waals surface area contributed by atoms with Crippen LogP contribution in [0.5, 0.6) is 0 Å². The maximum Gasteiger partial charge on any atom is 0.223 e. The van der Waals surface area contributed by atoms with Gasteiger partial charge in [-0.05, 0) is 37.5 Å². The molecule has 0 spiro atoms. The predicted molar refractivity (Wildman–Crippen MR) is 81.6 cm³/mol. The third kappa shape index (κ3) is 4.45. The molecule has 3 rings (SSSR count). The first-order valence-electron chi connectivity index (χ1n) is 8.81. The number of carbonyl (C=O) groups is 2. The highest BCUT2D eigenvalue weighted by atomic mass is 16.2. The maximum absolute atomic E-state index is 11.9. The summed E-state index contributed by atoms with van der Waals surface area (Å²) in [5.74, 6) is 2.22. The number of amides is 2. The van der Waals surface area contributed by atoms with Gasteiger partial charge >= 0.3 is 0 Å². The summed E-state index contributed by atoms with van der Waals surface area (Å²) in [7, 11) is 0. The van der Waals surface area contributed by atoms with Crippen LogP contribution in [0.1, 0.15) is 64.2 Å². The third-order valence-electron chi connectivity index (χ3n) is 5.27. The molecule has 0 heterocycles. The first kappa shape index (κ1) is 14.9. The van der Waals surface area contributed by atoms with E-state index in [0.717, 1.165) is 31.1 Å². The van der Waals surface area contributed by atoms with Crippen LogP contribution in [0.15, 0.2) is 0 Å². The van der Waals surface area contributed by atoms with E-state index in [0.29, 0.717) is 19.0 Å². The number of nitrogens with one attached hydrogen (secondary N) is 2. The molecule has 118 valence electrons. The molecular weight excluding hydrogens is 264 g/mol. The van der Waals surface area contributed by atoms with Crippen LogP contribution in [0.2, 0.25) is 0 Å². The van der Waals surface area contributed by atoms with Crippen LogP contribution in [-0.4, -0.2) is 24.4 Å². The fourth-order valence-electron chi connectivity index (χ4n) is 3.69. The van der Waals surface area contributed by atoms with Crippen LogP contribution in [0.3, 0.4) is 0 Å². The van der Waals surface area contributed by atoms with E-state index in [1.807, 2.05) is 0 Å². The van der Waals surface area contributed by atoms with Gasteiger partial charge in [0.1, 0.15) is 0 Å². The Hall–Kier alpha value is -1.06. The van der Waals surface area contributed by atoms with Gasteiger partial charge in [0, 0.05) is 24.9 Å². The van der Waals surface area contributed by atoms with E-state index < -0.39 is 0 Å². The summed E-state index contributed by atoms with van der Waals surface area (Å²) >= 11 is 0. The summed E-state index contributed by atoms with van der Waals surface area (Å²) in [4.78, 5) is 23.3. The van der Waals surface area contributed by atoms with Crippen LogP contribution >= 0.6 is 0 Å². The molecule has 3 fully saturated rings. The van der Waals surface area contributed by atoms with Crippen molar-refractivity contribution in [3.8, 4) is 0 Å². The van der Waals surface area contributed by atoms with Gasteiger partial charge in [-0.25, -0.2) is 0 Å². The lowest BCUT2D eigenvalue weighted by atomic mass is 9.85. The molecule has 0 bridgehead atoms. The molecule has 0 aromatic heterocycles. The maximum atomic E-state index is 11.9. The van der Waals surface area contributed by atoms with E-state index in [1.54, 1.807) is 0 Å².